The molecule has 0 radical (unpaired) electrons. The highest BCUT2D eigenvalue weighted by Gasteiger charge is 2.31. The second-order valence-corrected chi connectivity index (χ2v) is 5.26. The zero-order chi connectivity index (χ0) is 13.9. The lowest BCUT2D eigenvalue weighted by molar-refractivity contribution is -0.119. The van der Waals surface area contributed by atoms with Gasteiger partial charge < -0.3 is 9.88 Å². The van der Waals surface area contributed by atoms with E-state index in [1.165, 1.54) is 11.1 Å². The number of amides is 1. The van der Waals surface area contributed by atoms with Gasteiger partial charge in [0.05, 0.1) is 18.4 Å². The second-order valence-electron chi connectivity index (χ2n) is 4.99. The zero-order valence-corrected chi connectivity index (χ0v) is 13.0. The summed E-state index contributed by atoms with van der Waals surface area (Å²) in [5, 5.41) is 3.04. The molecule has 1 amide bonds. The number of aromatic nitrogens is 2. The highest BCUT2D eigenvalue weighted by atomic mass is 35.5. The number of carbonyl (C=O) groups excluding carboxylic acids is 1. The minimum atomic E-state index is -0.140. The molecule has 1 aromatic carbocycles. The van der Waals surface area contributed by atoms with E-state index in [1.54, 1.807) is 12.5 Å². The quantitative estimate of drug-likeness (QED) is 0.882. The molecule has 0 aliphatic heterocycles. The van der Waals surface area contributed by atoms with Crippen LogP contribution in [0.4, 0.5) is 0 Å². The number of hydrogen-bond donors (Lipinski definition) is 1. The summed E-state index contributed by atoms with van der Waals surface area (Å²) in [5.74, 6) is -0.159. The highest BCUT2D eigenvalue weighted by molar-refractivity contribution is 6.27. The van der Waals surface area contributed by atoms with E-state index < -0.39 is 0 Å². The first-order valence-electron chi connectivity index (χ1n) is 6.70. The number of hydrogen-bond acceptors (Lipinski definition) is 2. The fraction of sp³-hybridized carbons (Fsp3) is 0.333. The van der Waals surface area contributed by atoms with Crippen molar-refractivity contribution < 1.29 is 4.79 Å². The van der Waals surface area contributed by atoms with Gasteiger partial charge in [-0.3, -0.25) is 4.79 Å². The lowest BCUT2D eigenvalue weighted by Gasteiger charge is -2.34. The predicted molar refractivity (Wildman–Crippen MR) is 84.9 cm³/mol. The van der Waals surface area contributed by atoms with Gasteiger partial charge in [0.15, 0.2) is 0 Å². The summed E-state index contributed by atoms with van der Waals surface area (Å²) in [5.41, 5.74) is 2.47. The normalized spacial score (nSPS) is 20.2. The topological polar surface area (TPSA) is 46.9 Å². The summed E-state index contributed by atoms with van der Waals surface area (Å²) in [7, 11) is 0. The van der Waals surface area contributed by atoms with Gasteiger partial charge in [-0.25, -0.2) is 4.98 Å². The van der Waals surface area contributed by atoms with Crippen LogP contribution < -0.4 is 5.32 Å². The molecule has 1 aliphatic carbocycles. The number of halogens is 2. The number of nitrogens with one attached hydrogen (secondary N) is 1. The number of benzene rings is 1. The third kappa shape index (κ3) is 3.22. The summed E-state index contributed by atoms with van der Waals surface area (Å²) in [6.07, 6.45) is 7.49. The average molecular weight is 326 g/mol. The molecule has 2 atom stereocenters. The first-order valence-corrected chi connectivity index (χ1v) is 7.23. The minimum absolute atomic E-state index is 0. The van der Waals surface area contributed by atoms with Crippen LogP contribution in [0, 0.1) is 0 Å². The smallest absolute Gasteiger partial charge is 0.235 e. The number of fused-ring (bicyclic) bond motifs is 1. The van der Waals surface area contributed by atoms with Crippen LogP contribution in [0.1, 0.15) is 29.6 Å². The van der Waals surface area contributed by atoms with Crippen LogP contribution in [0.2, 0.25) is 0 Å². The summed E-state index contributed by atoms with van der Waals surface area (Å²) >= 11 is 5.64. The third-order valence-corrected chi connectivity index (χ3v) is 4.07. The second kappa shape index (κ2) is 6.96. The number of nitrogens with zero attached hydrogens (tertiary/aromatic N) is 2. The summed E-state index contributed by atoms with van der Waals surface area (Å²) < 4.78 is 2.06. The number of aryl methyl sites for hydroxylation is 1. The van der Waals surface area contributed by atoms with Gasteiger partial charge in [0.25, 0.3) is 0 Å². The van der Waals surface area contributed by atoms with Crippen molar-refractivity contribution in [1.29, 1.82) is 0 Å². The molecule has 0 fully saturated rings. The van der Waals surface area contributed by atoms with Crippen molar-refractivity contribution in [2.24, 2.45) is 0 Å². The molecule has 2 aromatic rings. The Kier molecular flexibility index (Phi) is 5.26. The molecule has 3 rings (SSSR count). The molecule has 6 heteroatoms. The Morgan fingerprint density at radius 2 is 2.24 bits per heavy atom. The van der Waals surface area contributed by atoms with E-state index in [0.717, 1.165) is 12.8 Å². The molecule has 21 heavy (non-hydrogen) atoms. The van der Waals surface area contributed by atoms with E-state index in [-0.39, 0.29) is 36.3 Å². The van der Waals surface area contributed by atoms with Crippen LogP contribution in [0.15, 0.2) is 43.0 Å². The molecular weight excluding hydrogens is 309 g/mol. The third-order valence-electron chi connectivity index (χ3n) is 3.83. The van der Waals surface area contributed by atoms with Gasteiger partial charge in [0.1, 0.15) is 5.88 Å². The van der Waals surface area contributed by atoms with Crippen LogP contribution in [-0.4, -0.2) is 21.3 Å². The van der Waals surface area contributed by atoms with Crippen LogP contribution in [0.3, 0.4) is 0 Å². The minimum Gasteiger partial charge on any atom is -0.346 e. The molecule has 2 unspecified atom stereocenters. The predicted octanol–water partition coefficient (Wildman–Crippen LogP) is 2.89. The van der Waals surface area contributed by atoms with Crippen molar-refractivity contribution in [3.05, 3.63) is 54.1 Å². The molecule has 0 saturated carbocycles. The van der Waals surface area contributed by atoms with Crippen molar-refractivity contribution in [3.8, 4) is 0 Å². The molecule has 1 N–H and O–H groups in total. The molecule has 4 nitrogen and oxygen atoms in total. The molecule has 1 aliphatic rings. The van der Waals surface area contributed by atoms with Crippen molar-refractivity contribution in [2.75, 3.05) is 5.88 Å². The van der Waals surface area contributed by atoms with Crippen LogP contribution in [0.5, 0.6) is 0 Å². The monoisotopic (exact) mass is 325 g/mol. The van der Waals surface area contributed by atoms with Crippen LogP contribution in [0.25, 0.3) is 0 Å². The molecule has 112 valence electrons. The fourth-order valence-corrected chi connectivity index (χ4v) is 2.99. The van der Waals surface area contributed by atoms with E-state index in [4.69, 9.17) is 11.6 Å². The Morgan fingerprint density at radius 3 is 2.95 bits per heavy atom. The Balaban J connectivity index is 0.00000161. The van der Waals surface area contributed by atoms with E-state index in [9.17, 15) is 4.79 Å². The molecule has 0 saturated heterocycles. The maximum Gasteiger partial charge on any atom is 0.235 e. The number of alkyl halides is 1. The number of rotatable bonds is 3. The number of carbonyl (C=O) groups is 1. The maximum absolute atomic E-state index is 11.7. The number of imidazole rings is 1. The molecule has 1 aromatic heterocycles. The lowest BCUT2D eigenvalue weighted by Crippen LogP contribution is -2.38. The van der Waals surface area contributed by atoms with Gasteiger partial charge in [-0.05, 0) is 24.0 Å². The van der Waals surface area contributed by atoms with Crippen molar-refractivity contribution in [2.45, 2.75) is 24.9 Å². The van der Waals surface area contributed by atoms with Crippen molar-refractivity contribution >= 4 is 29.9 Å². The van der Waals surface area contributed by atoms with Gasteiger partial charge in [0, 0.05) is 12.4 Å². The van der Waals surface area contributed by atoms with Gasteiger partial charge in [-0.1, -0.05) is 24.3 Å². The Morgan fingerprint density at radius 1 is 1.43 bits per heavy atom. The lowest BCUT2D eigenvalue weighted by atomic mass is 9.84. The fourth-order valence-electron chi connectivity index (χ4n) is 2.92. The van der Waals surface area contributed by atoms with Crippen LogP contribution >= 0.6 is 24.0 Å². The highest BCUT2D eigenvalue weighted by Crippen LogP contribution is 2.37. The van der Waals surface area contributed by atoms with E-state index in [1.807, 2.05) is 18.3 Å². The Hall–Kier alpha value is -1.52. The summed E-state index contributed by atoms with van der Waals surface area (Å²) in [4.78, 5) is 15.8. The van der Waals surface area contributed by atoms with Gasteiger partial charge in [-0.15, -0.1) is 24.0 Å². The van der Waals surface area contributed by atoms with Crippen LogP contribution in [-0.2, 0) is 11.2 Å². The summed E-state index contributed by atoms with van der Waals surface area (Å²) in [6, 6.07) is 8.38. The van der Waals surface area contributed by atoms with Gasteiger partial charge in [0.2, 0.25) is 5.91 Å². The van der Waals surface area contributed by atoms with E-state index in [2.05, 4.69) is 27.0 Å². The molecule has 0 bridgehead atoms. The summed E-state index contributed by atoms with van der Waals surface area (Å²) in [6.45, 7) is 0. The van der Waals surface area contributed by atoms with Gasteiger partial charge in [-0.2, -0.15) is 0 Å². The largest absolute Gasteiger partial charge is 0.346 e. The Labute approximate surface area is 134 Å². The first kappa shape index (κ1) is 15.9. The molecule has 0 spiro atoms. The Bertz CT molecular complexity index is 601. The maximum atomic E-state index is 11.7. The standard InChI is InChI=1S/C15H16ClN3O.ClH/c16-9-14(20)18-15-12-4-2-1-3-11(12)5-6-13(15)19-8-7-17-10-19;/h1-4,7-8,10,13,15H,5-6,9H2,(H,18,20);1H. The van der Waals surface area contributed by atoms with Gasteiger partial charge >= 0.3 is 0 Å². The average Bonchev–Trinajstić information content (AvgIpc) is 3.01. The van der Waals surface area contributed by atoms with Crippen molar-refractivity contribution in [3.63, 3.8) is 0 Å². The SMILES string of the molecule is Cl.O=C(CCl)NC1c2ccccc2CCC1n1ccnc1. The molecule has 1 heterocycles. The van der Waals surface area contributed by atoms with E-state index >= 15 is 0 Å². The molecular formula is C15H17Cl2N3O. The van der Waals surface area contributed by atoms with E-state index in [0.29, 0.717) is 0 Å². The zero-order valence-electron chi connectivity index (χ0n) is 11.4. The van der Waals surface area contributed by atoms with Crippen molar-refractivity contribution in [1.82, 2.24) is 14.9 Å². The first-order chi connectivity index (χ1) is 9.79.